The topological polar surface area (TPSA) is 82.1 Å². The van der Waals surface area contributed by atoms with Crippen LogP contribution in [0.5, 0.6) is 0 Å². The minimum Gasteiger partial charge on any atom is -0.469 e. The SMILES string of the molecule is COC(=O)[C@H]1[C@@H]2[C@H]3[C@H](C(=O)OC)[C@H]3N(C(=O)OC(C)(C)C)[C@H]12. The van der Waals surface area contributed by atoms with Gasteiger partial charge in [-0.3, -0.25) is 14.5 Å². The summed E-state index contributed by atoms with van der Waals surface area (Å²) < 4.78 is 15.0. The van der Waals surface area contributed by atoms with Gasteiger partial charge >= 0.3 is 18.0 Å². The van der Waals surface area contributed by atoms with Gasteiger partial charge in [0.2, 0.25) is 0 Å². The molecule has 0 bridgehead atoms. The molecule has 0 radical (unpaired) electrons. The highest BCUT2D eigenvalue weighted by molar-refractivity contribution is 5.86. The molecule has 1 saturated heterocycles. The summed E-state index contributed by atoms with van der Waals surface area (Å²) in [5, 5.41) is 0. The second kappa shape index (κ2) is 4.60. The molecule has 0 aromatic rings. The predicted molar refractivity (Wildman–Crippen MR) is 73.6 cm³/mol. The van der Waals surface area contributed by atoms with Crippen molar-refractivity contribution < 1.29 is 28.6 Å². The maximum Gasteiger partial charge on any atom is 0.410 e. The predicted octanol–water partition coefficient (Wildman–Crippen LogP) is 0.812. The Morgan fingerprint density at radius 2 is 1.27 bits per heavy atom. The minimum atomic E-state index is -0.629. The molecule has 0 aromatic heterocycles. The van der Waals surface area contributed by atoms with Gasteiger partial charge in [-0.1, -0.05) is 0 Å². The summed E-state index contributed by atoms with van der Waals surface area (Å²) in [7, 11) is 2.66. The average Bonchev–Trinajstić information content (AvgIpc) is 3.29. The normalized spacial score (nSPS) is 37.8. The molecule has 1 amide bonds. The second-order valence-corrected chi connectivity index (χ2v) is 7.12. The standard InChI is InChI=1S/C15H21NO6/c1-15(2,3)22-14(19)16-10-6(8(10)12(17)20-4)7-9(11(7)16)13(18)21-5/h6-11H,1-5H3/t6-,7-,8-,9-,10-,11-/m0/s1. The van der Waals surface area contributed by atoms with E-state index in [-0.39, 0.29) is 47.7 Å². The van der Waals surface area contributed by atoms with Gasteiger partial charge in [-0.15, -0.1) is 0 Å². The molecule has 3 fully saturated rings. The molecule has 0 spiro atoms. The van der Waals surface area contributed by atoms with E-state index < -0.39 is 11.7 Å². The Morgan fingerprint density at radius 3 is 1.59 bits per heavy atom. The number of hydrogen-bond acceptors (Lipinski definition) is 6. The molecule has 22 heavy (non-hydrogen) atoms. The van der Waals surface area contributed by atoms with Crippen LogP contribution in [-0.2, 0) is 23.8 Å². The highest BCUT2D eigenvalue weighted by Gasteiger charge is 2.82. The van der Waals surface area contributed by atoms with Gasteiger partial charge in [-0.05, 0) is 20.8 Å². The van der Waals surface area contributed by atoms with Gasteiger partial charge in [0.25, 0.3) is 0 Å². The van der Waals surface area contributed by atoms with Crippen molar-refractivity contribution in [2.45, 2.75) is 38.5 Å². The molecule has 1 aliphatic heterocycles. The van der Waals surface area contributed by atoms with E-state index in [1.807, 2.05) is 0 Å². The fraction of sp³-hybridized carbons (Fsp3) is 0.800. The van der Waals surface area contributed by atoms with Gasteiger partial charge < -0.3 is 14.2 Å². The van der Waals surface area contributed by atoms with E-state index in [2.05, 4.69) is 0 Å². The van der Waals surface area contributed by atoms with Crippen LogP contribution >= 0.6 is 0 Å². The van der Waals surface area contributed by atoms with Crippen molar-refractivity contribution in [1.82, 2.24) is 4.90 Å². The van der Waals surface area contributed by atoms with E-state index in [0.717, 1.165) is 0 Å². The Morgan fingerprint density at radius 1 is 0.864 bits per heavy atom. The number of likely N-dealkylation sites (tertiary alicyclic amines) is 1. The minimum absolute atomic E-state index is 0.0194. The van der Waals surface area contributed by atoms with Gasteiger partial charge in [0, 0.05) is 11.8 Å². The lowest BCUT2D eigenvalue weighted by molar-refractivity contribution is -0.144. The van der Waals surface area contributed by atoms with Crippen LogP contribution in [0.3, 0.4) is 0 Å². The van der Waals surface area contributed by atoms with E-state index in [9.17, 15) is 14.4 Å². The van der Waals surface area contributed by atoms with Crippen molar-refractivity contribution in [1.29, 1.82) is 0 Å². The van der Waals surface area contributed by atoms with Crippen LogP contribution in [0.25, 0.3) is 0 Å². The van der Waals surface area contributed by atoms with Crippen molar-refractivity contribution >= 4 is 18.0 Å². The van der Waals surface area contributed by atoms with Crippen LogP contribution < -0.4 is 0 Å². The van der Waals surface area contributed by atoms with Crippen LogP contribution in [0.1, 0.15) is 20.8 Å². The Kier molecular flexibility index (Phi) is 3.16. The van der Waals surface area contributed by atoms with Crippen molar-refractivity contribution in [2.75, 3.05) is 14.2 Å². The zero-order valence-electron chi connectivity index (χ0n) is 13.4. The molecule has 3 rings (SSSR count). The van der Waals surface area contributed by atoms with Gasteiger partial charge in [-0.25, -0.2) is 4.79 Å². The Labute approximate surface area is 128 Å². The van der Waals surface area contributed by atoms with Crippen LogP contribution in [-0.4, -0.2) is 54.8 Å². The Bertz CT molecular complexity index is 505. The maximum atomic E-state index is 12.4. The van der Waals surface area contributed by atoms with E-state index in [4.69, 9.17) is 14.2 Å². The van der Waals surface area contributed by atoms with E-state index in [0.29, 0.717) is 0 Å². The fourth-order valence-electron chi connectivity index (χ4n) is 3.91. The molecule has 1 heterocycles. The summed E-state index contributed by atoms with van der Waals surface area (Å²) in [6.07, 6.45) is -0.479. The highest BCUT2D eigenvalue weighted by atomic mass is 16.6. The lowest BCUT2D eigenvalue weighted by atomic mass is 10.2. The first-order chi connectivity index (χ1) is 10.2. The van der Waals surface area contributed by atoms with E-state index >= 15 is 0 Å². The number of esters is 2. The number of amides is 1. The average molecular weight is 311 g/mol. The fourth-order valence-corrected chi connectivity index (χ4v) is 3.91. The molecule has 6 atom stereocenters. The second-order valence-electron chi connectivity index (χ2n) is 7.12. The summed E-state index contributed by atoms with van der Waals surface area (Å²) in [6.45, 7) is 5.35. The highest BCUT2D eigenvalue weighted by Crippen LogP contribution is 2.69. The molecule has 0 unspecified atom stereocenters. The molecule has 3 aliphatic rings. The summed E-state index contributed by atoms with van der Waals surface area (Å²) in [6, 6.07) is -0.420. The lowest BCUT2D eigenvalue weighted by Crippen LogP contribution is -2.41. The number of hydrogen-bond donors (Lipinski definition) is 0. The van der Waals surface area contributed by atoms with Gasteiger partial charge in [0.1, 0.15) is 5.60 Å². The smallest absolute Gasteiger partial charge is 0.410 e. The van der Waals surface area contributed by atoms with Gasteiger partial charge in [-0.2, -0.15) is 0 Å². The summed E-state index contributed by atoms with van der Waals surface area (Å²) in [5.41, 5.74) is -0.629. The number of piperidine rings is 2. The van der Waals surface area contributed by atoms with Crippen molar-refractivity contribution in [3.05, 3.63) is 0 Å². The monoisotopic (exact) mass is 311 g/mol. The number of fused-ring (bicyclic) bond motifs is 3. The molecule has 7 nitrogen and oxygen atoms in total. The Hall–Kier alpha value is -1.79. The molecule has 0 N–H and O–H groups in total. The first-order valence-electron chi connectivity index (χ1n) is 7.40. The number of methoxy groups -OCH3 is 2. The summed E-state index contributed by atoms with van der Waals surface area (Å²) in [5.74, 6) is -1.42. The molecule has 0 aromatic carbocycles. The van der Waals surface area contributed by atoms with Crippen LogP contribution in [0.2, 0.25) is 0 Å². The number of rotatable bonds is 2. The third-order valence-corrected chi connectivity index (χ3v) is 4.71. The molecule has 2 saturated carbocycles. The first kappa shape index (κ1) is 15.1. The van der Waals surface area contributed by atoms with Crippen LogP contribution in [0.15, 0.2) is 0 Å². The quantitative estimate of drug-likeness (QED) is 0.554. The number of nitrogens with zero attached hydrogens (tertiary/aromatic N) is 1. The lowest BCUT2D eigenvalue weighted by Gasteiger charge is -2.27. The first-order valence-corrected chi connectivity index (χ1v) is 7.40. The summed E-state index contributed by atoms with van der Waals surface area (Å²) >= 11 is 0. The van der Waals surface area contributed by atoms with Crippen molar-refractivity contribution in [3.8, 4) is 0 Å². The molecule has 2 aliphatic carbocycles. The number of carbonyl (C=O) groups excluding carboxylic acids is 3. The van der Waals surface area contributed by atoms with Gasteiger partial charge in [0.05, 0.1) is 38.1 Å². The third kappa shape index (κ3) is 2.06. The zero-order valence-corrected chi connectivity index (χ0v) is 13.4. The zero-order chi connectivity index (χ0) is 16.4. The van der Waals surface area contributed by atoms with Gasteiger partial charge in [0.15, 0.2) is 0 Å². The molecule has 7 heteroatoms. The van der Waals surface area contributed by atoms with Crippen molar-refractivity contribution in [2.24, 2.45) is 23.7 Å². The summed E-state index contributed by atoms with van der Waals surface area (Å²) in [4.78, 5) is 37.7. The number of carbonyl (C=O) groups is 3. The Balaban J connectivity index is 1.80. The third-order valence-electron chi connectivity index (χ3n) is 4.71. The van der Waals surface area contributed by atoms with Crippen LogP contribution in [0.4, 0.5) is 4.79 Å². The van der Waals surface area contributed by atoms with E-state index in [1.54, 1.807) is 25.7 Å². The molecular weight excluding hydrogens is 290 g/mol. The molecule has 122 valence electrons. The number of ether oxygens (including phenoxy) is 3. The van der Waals surface area contributed by atoms with Crippen molar-refractivity contribution in [3.63, 3.8) is 0 Å². The largest absolute Gasteiger partial charge is 0.469 e. The molecular formula is C15H21NO6. The maximum absolute atomic E-state index is 12.4. The van der Waals surface area contributed by atoms with E-state index in [1.165, 1.54) is 14.2 Å². The van der Waals surface area contributed by atoms with Crippen LogP contribution in [0, 0.1) is 23.7 Å².